The minimum atomic E-state index is -0.412. The predicted molar refractivity (Wildman–Crippen MR) is 66.0 cm³/mol. The van der Waals surface area contributed by atoms with E-state index in [9.17, 15) is 4.79 Å². The number of nitrogen functional groups attached to an aromatic ring is 1. The molecule has 0 unspecified atom stereocenters. The van der Waals surface area contributed by atoms with Gasteiger partial charge in [0.1, 0.15) is 12.0 Å². The summed E-state index contributed by atoms with van der Waals surface area (Å²) in [6.07, 6.45) is 1.50. The van der Waals surface area contributed by atoms with Crippen LogP contribution in [0.3, 0.4) is 0 Å². The maximum atomic E-state index is 11.3. The standard InChI is InChI=1S/C12H13N3O3/c1-17-12(16)8-2-3-11(10(13)6-8)14-7-9-4-5-18-15-9/h2-6,14H,7,13H2,1H3. The van der Waals surface area contributed by atoms with Crippen LogP contribution in [-0.4, -0.2) is 18.2 Å². The molecule has 6 heteroatoms. The van der Waals surface area contributed by atoms with Crippen LogP contribution in [0.1, 0.15) is 16.1 Å². The molecule has 0 saturated carbocycles. The molecule has 3 N–H and O–H groups in total. The highest BCUT2D eigenvalue weighted by atomic mass is 16.5. The molecule has 1 heterocycles. The van der Waals surface area contributed by atoms with Crippen LogP contribution < -0.4 is 11.1 Å². The highest BCUT2D eigenvalue weighted by Crippen LogP contribution is 2.20. The first kappa shape index (κ1) is 12.0. The summed E-state index contributed by atoms with van der Waals surface area (Å²) < 4.78 is 9.33. The molecule has 0 fully saturated rings. The number of nitrogens with two attached hydrogens (primary N) is 1. The van der Waals surface area contributed by atoms with Crippen molar-refractivity contribution in [2.45, 2.75) is 6.54 Å². The van der Waals surface area contributed by atoms with Gasteiger partial charge in [-0.05, 0) is 18.2 Å². The summed E-state index contributed by atoms with van der Waals surface area (Å²) in [5.74, 6) is -0.412. The van der Waals surface area contributed by atoms with Gasteiger partial charge in [-0.3, -0.25) is 0 Å². The molecule has 0 atom stereocenters. The van der Waals surface area contributed by atoms with E-state index in [-0.39, 0.29) is 0 Å². The highest BCUT2D eigenvalue weighted by Gasteiger charge is 2.08. The number of rotatable bonds is 4. The van der Waals surface area contributed by atoms with E-state index in [1.54, 1.807) is 24.3 Å². The van der Waals surface area contributed by atoms with Gasteiger partial charge in [-0.15, -0.1) is 0 Å². The molecule has 0 bridgehead atoms. The van der Waals surface area contributed by atoms with Gasteiger partial charge in [0.2, 0.25) is 0 Å². The molecule has 0 aliphatic heterocycles. The molecule has 1 aromatic carbocycles. The van der Waals surface area contributed by atoms with Crippen molar-refractivity contribution in [1.29, 1.82) is 0 Å². The lowest BCUT2D eigenvalue weighted by Gasteiger charge is -2.09. The number of ether oxygens (including phenoxy) is 1. The number of carbonyl (C=O) groups excluding carboxylic acids is 1. The van der Waals surface area contributed by atoms with Gasteiger partial charge < -0.3 is 20.3 Å². The SMILES string of the molecule is COC(=O)c1ccc(NCc2ccon2)c(N)c1. The molecule has 18 heavy (non-hydrogen) atoms. The zero-order valence-corrected chi connectivity index (χ0v) is 9.84. The molecule has 1 aromatic heterocycles. The van der Waals surface area contributed by atoms with Crippen molar-refractivity contribution < 1.29 is 14.1 Å². The van der Waals surface area contributed by atoms with E-state index in [4.69, 9.17) is 10.3 Å². The second kappa shape index (κ2) is 5.22. The maximum Gasteiger partial charge on any atom is 0.337 e. The van der Waals surface area contributed by atoms with Crippen molar-refractivity contribution in [2.24, 2.45) is 0 Å². The van der Waals surface area contributed by atoms with Crippen molar-refractivity contribution in [3.63, 3.8) is 0 Å². The number of carbonyl (C=O) groups is 1. The Hall–Kier alpha value is -2.50. The normalized spacial score (nSPS) is 10.1. The largest absolute Gasteiger partial charge is 0.465 e. The Labute approximate surface area is 104 Å². The van der Waals surface area contributed by atoms with E-state index in [1.807, 2.05) is 0 Å². The van der Waals surface area contributed by atoms with Crippen molar-refractivity contribution in [3.8, 4) is 0 Å². The van der Waals surface area contributed by atoms with Crippen LogP contribution in [0.2, 0.25) is 0 Å². The number of anilines is 2. The number of hydrogen-bond donors (Lipinski definition) is 2. The molecule has 2 aromatic rings. The van der Waals surface area contributed by atoms with Gasteiger partial charge in [-0.2, -0.15) is 0 Å². The lowest BCUT2D eigenvalue weighted by atomic mass is 10.1. The smallest absolute Gasteiger partial charge is 0.337 e. The summed E-state index contributed by atoms with van der Waals surface area (Å²) in [5.41, 5.74) is 8.23. The third-order valence-electron chi connectivity index (χ3n) is 2.42. The van der Waals surface area contributed by atoms with Gasteiger partial charge in [0, 0.05) is 6.07 Å². The van der Waals surface area contributed by atoms with Gasteiger partial charge in [0.05, 0.1) is 30.6 Å². The van der Waals surface area contributed by atoms with Gasteiger partial charge in [-0.25, -0.2) is 4.79 Å². The van der Waals surface area contributed by atoms with E-state index >= 15 is 0 Å². The summed E-state index contributed by atoms with van der Waals surface area (Å²) in [4.78, 5) is 11.3. The number of aromatic nitrogens is 1. The number of methoxy groups -OCH3 is 1. The van der Waals surface area contributed by atoms with E-state index < -0.39 is 5.97 Å². The molecule has 0 aliphatic carbocycles. The van der Waals surface area contributed by atoms with Gasteiger partial charge in [-0.1, -0.05) is 5.16 Å². The van der Waals surface area contributed by atoms with Crippen molar-refractivity contribution in [3.05, 3.63) is 41.8 Å². The molecule has 0 spiro atoms. The number of nitrogens with one attached hydrogen (secondary N) is 1. The molecule has 0 saturated heterocycles. The lowest BCUT2D eigenvalue weighted by Crippen LogP contribution is -2.06. The minimum absolute atomic E-state index is 0.412. The third-order valence-corrected chi connectivity index (χ3v) is 2.42. The van der Waals surface area contributed by atoms with Crippen LogP contribution in [0, 0.1) is 0 Å². The Kier molecular flexibility index (Phi) is 3.47. The molecular formula is C12H13N3O3. The fourth-order valence-electron chi connectivity index (χ4n) is 1.48. The third kappa shape index (κ3) is 2.60. The Bertz CT molecular complexity index is 538. The van der Waals surface area contributed by atoms with Crippen molar-refractivity contribution in [1.82, 2.24) is 5.16 Å². The first-order valence-corrected chi connectivity index (χ1v) is 5.31. The fraction of sp³-hybridized carbons (Fsp3) is 0.167. The van der Waals surface area contributed by atoms with Gasteiger partial charge in [0.25, 0.3) is 0 Å². The van der Waals surface area contributed by atoms with E-state index in [0.29, 0.717) is 17.8 Å². The average molecular weight is 247 g/mol. The first-order valence-electron chi connectivity index (χ1n) is 5.31. The molecule has 0 aliphatic rings. The van der Waals surface area contributed by atoms with Crippen LogP contribution in [0.4, 0.5) is 11.4 Å². The number of nitrogens with zero attached hydrogens (tertiary/aromatic N) is 1. The fourth-order valence-corrected chi connectivity index (χ4v) is 1.48. The van der Waals surface area contributed by atoms with Crippen molar-refractivity contribution in [2.75, 3.05) is 18.2 Å². The monoisotopic (exact) mass is 247 g/mol. The molecule has 6 nitrogen and oxygen atoms in total. The Morgan fingerprint density at radius 1 is 1.50 bits per heavy atom. The lowest BCUT2D eigenvalue weighted by molar-refractivity contribution is 0.0601. The van der Waals surface area contributed by atoms with Crippen LogP contribution in [0.25, 0.3) is 0 Å². The molecule has 2 rings (SSSR count). The van der Waals surface area contributed by atoms with Crippen LogP contribution in [0.5, 0.6) is 0 Å². The quantitative estimate of drug-likeness (QED) is 0.630. The first-order chi connectivity index (χ1) is 8.70. The summed E-state index contributed by atoms with van der Waals surface area (Å²) in [5, 5.41) is 6.87. The van der Waals surface area contributed by atoms with Crippen LogP contribution in [-0.2, 0) is 11.3 Å². The van der Waals surface area contributed by atoms with Crippen LogP contribution in [0.15, 0.2) is 35.1 Å². The highest BCUT2D eigenvalue weighted by molar-refractivity contribution is 5.91. The van der Waals surface area contributed by atoms with E-state index in [0.717, 1.165) is 11.4 Å². The number of hydrogen-bond acceptors (Lipinski definition) is 6. The number of esters is 1. The second-order valence-corrected chi connectivity index (χ2v) is 3.64. The van der Waals surface area contributed by atoms with E-state index in [1.165, 1.54) is 13.4 Å². The zero-order valence-electron chi connectivity index (χ0n) is 9.84. The van der Waals surface area contributed by atoms with Gasteiger partial charge >= 0.3 is 5.97 Å². The molecule has 94 valence electrons. The van der Waals surface area contributed by atoms with Crippen LogP contribution >= 0.6 is 0 Å². The molecule has 0 amide bonds. The summed E-state index contributed by atoms with van der Waals surface area (Å²) in [6, 6.07) is 6.69. The van der Waals surface area contributed by atoms with E-state index in [2.05, 4.69) is 15.2 Å². The van der Waals surface area contributed by atoms with Crippen molar-refractivity contribution >= 4 is 17.3 Å². The zero-order chi connectivity index (χ0) is 13.0. The topological polar surface area (TPSA) is 90.4 Å². The molecular weight excluding hydrogens is 234 g/mol. The van der Waals surface area contributed by atoms with Gasteiger partial charge in [0.15, 0.2) is 0 Å². The summed E-state index contributed by atoms with van der Waals surface area (Å²) >= 11 is 0. The Morgan fingerprint density at radius 3 is 2.94 bits per heavy atom. The average Bonchev–Trinajstić information content (AvgIpc) is 2.89. The molecule has 0 radical (unpaired) electrons. The summed E-state index contributed by atoms with van der Waals surface area (Å²) in [6.45, 7) is 0.498. The Balaban J connectivity index is 2.08. The summed E-state index contributed by atoms with van der Waals surface area (Å²) in [7, 11) is 1.33. The number of benzene rings is 1. The minimum Gasteiger partial charge on any atom is -0.465 e. The maximum absolute atomic E-state index is 11.3. The predicted octanol–water partition coefficient (Wildman–Crippen LogP) is 1.66. The second-order valence-electron chi connectivity index (χ2n) is 3.64. The Morgan fingerprint density at radius 2 is 2.33 bits per heavy atom.